The Hall–Kier alpha value is -0.910. The average Bonchev–Trinajstić information content (AvgIpc) is 2.75. The molecular weight excluding hydrogens is 238 g/mol. The standard InChI is InChI=1S/C11H13N3S2/c1-8-3-4-10(9(5-8)6-12-2)15-11-13-7-14-16-11/h3-5,7,12H,6H2,1-2H3. The summed E-state index contributed by atoms with van der Waals surface area (Å²) in [6.45, 7) is 2.99. The second kappa shape index (κ2) is 5.43. The topological polar surface area (TPSA) is 37.8 Å². The minimum atomic E-state index is 0.878. The fraction of sp³-hybridized carbons (Fsp3) is 0.273. The van der Waals surface area contributed by atoms with Gasteiger partial charge in [-0.3, -0.25) is 0 Å². The van der Waals surface area contributed by atoms with Crippen molar-refractivity contribution < 1.29 is 0 Å². The number of hydrogen-bond acceptors (Lipinski definition) is 5. The Labute approximate surface area is 103 Å². The minimum absolute atomic E-state index is 0.878. The normalized spacial score (nSPS) is 10.6. The lowest BCUT2D eigenvalue weighted by Crippen LogP contribution is -2.06. The highest BCUT2D eigenvalue weighted by molar-refractivity contribution is 8.01. The Morgan fingerprint density at radius 3 is 3.00 bits per heavy atom. The summed E-state index contributed by atoms with van der Waals surface area (Å²) in [7, 11) is 1.96. The molecule has 3 nitrogen and oxygen atoms in total. The third-order valence-corrected chi connectivity index (χ3v) is 3.95. The molecule has 0 atom stereocenters. The first-order valence-electron chi connectivity index (χ1n) is 4.98. The summed E-state index contributed by atoms with van der Waals surface area (Å²) in [5, 5.41) is 3.19. The maximum atomic E-state index is 4.19. The highest BCUT2D eigenvalue weighted by Gasteiger charge is 2.06. The number of aryl methyl sites for hydroxylation is 1. The quantitative estimate of drug-likeness (QED) is 0.906. The van der Waals surface area contributed by atoms with E-state index in [2.05, 4.69) is 39.8 Å². The molecule has 0 amide bonds. The van der Waals surface area contributed by atoms with Gasteiger partial charge in [-0.2, -0.15) is 4.37 Å². The number of nitrogens with one attached hydrogen (secondary N) is 1. The SMILES string of the molecule is CNCc1cc(C)ccc1Sc1ncns1. The van der Waals surface area contributed by atoms with Crippen LogP contribution in [0.5, 0.6) is 0 Å². The van der Waals surface area contributed by atoms with E-state index < -0.39 is 0 Å². The molecule has 0 spiro atoms. The van der Waals surface area contributed by atoms with E-state index in [1.807, 2.05) is 7.05 Å². The zero-order valence-electron chi connectivity index (χ0n) is 9.23. The van der Waals surface area contributed by atoms with E-state index in [9.17, 15) is 0 Å². The lowest BCUT2D eigenvalue weighted by Gasteiger charge is -2.08. The van der Waals surface area contributed by atoms with Gasteiger partial charge in [-0.15, -0.1) is 0 Å². The first kappa shape index (κ1) is 11.6. The summed E-state index contributed by atoms with van der Waals surface area (Å²) in [4.78, 5) is 5.43. The van der Waals surface area contributed by atoms with Crippen molar-refractivity contribution in [2.45, 2.75) is 22.7 Å². The highest BCUT2D eigenvalue weighted by Crippen LogP contribution is 2.31. The Kier molecular flexibility index (Phi) is 3.93. The summed E-state index contributed by atoms with van der Waals surface area (Å²) >= 11 is 3.10. The summed E-state index contributed by atoms with van der Waals surface area (Å²) in [5.74, 6) is 0. The van der Waals surface area contributed by atoms with Crippen molar-refractivity contribution in [2.75, 3.05) is 7.05 Å². The predicted octanol–water partition coefficient (Wildman–Crippen LogP) is 2.72. The van der Waals surface area contributed by atoms with Gasteiger partial charge in [-0.25, -0.2) is 4.98 Å². The van der Waals surface area contributed by atoms with Crippen molar-refractivity contribution in [1.82, 2.24) is 14.7 Å². The molecule has 1 aromatic heterocycles. The third-order valence-electron chi connectivity index (χ3n) is 2.12. The molecule has 2 rings (SSSR count). The molecule has 0 saturated heterocycles. The molecule has 0 saturated carbocycles. The largest absolute Gasteiger partial charge is 0.316 e. The Balaban J connectivity index is 2.25. The van der Waals surface area contributed by atoms with Crippen LogP contribution < -0.4 is 5.32 Å². The van der Waals surface area contributed by atoms with Crippen LogP contribution in [0.25, 0.3) is 0 Å². The van der Waals surface area contributed by atoms with Crippen LogP contribution in [0.2, 0.25) is 0 Å². The van der Waals surface area contributed by atoms with Crippen LogP contribution in [0, 0.1) is 6.92 Å². The Bertz CT molecular complexity index is 454. The summed E-state index contributed by atoms with van der Waals surface area (Å²) in [6, 6.07) is 6.48. The predicted molar refractivity (Wildman–Crippen MR) is 68.0 cm³/mol. The highest BCUT2D eigenvalue weighted by atomic mass is 32.2. The number of benzene rings is 1. The maximum absolute atomic E-state index is 4.19. The molecule has 1 aromatic carbocycles. The van der Waals surface area contributed by atoms with Crippen LogP contribution in [-0.2, 0) is 6.54 Å². The van der Waals surface area contributed by atoms with Gasteiger partial charge in [0.2, 0.25) is 0 Å². The van der Waals surface area contributed by atoms with E-state index in [0.29, 0.717) is 0 Å². The molecule has 2 aromatic rings. The fourth-order valence-electron chi connectivity index (χ4n) is 1.44. The molecule has 0 unspecified atom stereocenters. The fourth-order valence-corrected chi connectivity index (χ4v) is 2.95. The molecule has 1 N–H and O–H groups in total. The minimum Gasteiger partial charge on any atom is -0.316 e. The Morgan fingerprint density at radius 1 is 1.44 bits per heavy atom. The van der Waals surface area contributed by atoms with E-state index in [0.717, 1.165) is 10.9 Å². The monoisotopic (exact) mass is 251 g/mol. The average molecular weight is 251 g/mol. The molecule has 0 aliphatic rings. The third kappa shape index (κ3) is 2.81. The van der Waals surface area contributed by atoms with Crippen LogP contribution in [0.1, 0.15) is 11.1 Å². The van der Waals surface area contributed by atoms with Crippen molar-refractivity contribution in [2.24, 2.45) is 0 Å². The van der Waals surface area contributed by atoms with Gasteiger partial charge in [0.25, 0.3) is 0 Å². The van der Waals surface area contributed by atoms with Crippen LogP contribution in [0.15, 0.2) is 33.8 Å². The number of aromatic nitrogens is 2. The van der Waals surface area contributed by atoms with Crippen LogP contribution >= 0.6 is 23.3 Å². The van der Waals surface area contributed by atoms with E-state index in [-0.39, 0.29) is 0 Å². The van der Waals surface area contributed by atoms with Crippen LogP contribution in [-0.4, -0.2) is 16.4 Å². The molecular formula is C11H13N3S2. The van der Waals surface area contributed by atoms with Gasteiger partial charge in [0.15, 0.2) is 4.34 Å². The first-order chi connectivity index (χ1) is 7.79. The molecule has 84 valence electrons. The summed E-state index contributed by atoms with van der Waals surface area (Å²) < 4.78 is 4.99. The van der Waals surface area contributed by atoms with E-state index in [4.69, 9.17) is 0 Å². The zero-order valence-corrected chi connectivity index (χ0v) is 10.9. The number of hydrogen-bond donors (Lipinski definition) is 1. The molecule has 0 aliphatic carbocycles. The van der Waals surface area contributed by atoms with Crippen molar-refractivity contribution in [3.63, 3.8) is 0 Å². The van der Waals surface area contributed by atoms with Crippen LogP contribution in [0.4, 0.5) is 0 Å². The molecule has 0 fully saturated rings. The first-order valence-corrected chi connectivity index (χ1v) is 6.57. The second-order valence-electron chi connectivity index (χ2n) is 3.45. The molecule has 16 heavy (non-hydrogen) atoms. The van der Waals surface area contributed by atoms with E-state index in [1.165, 1.54) is 27.6 Å². The molecule has 5 heteroatoms. The smallest absolute Gasteiger partial charge is 0.174 e. The van der Waals surface area contributed by atoms with Gasteiger partial charge in [0, 0.05) is 11.4 Å². The lowest BCUT2D eigenvalue weighted by atomic mass is 10.1. The van der Waals surface area contributed by atoms with Gasteiger partial charge in [-0.05, 0) is 37.1 Å². The van der Waals surface area contributed by atoms with Gasteiger partial charge in [-0.1, -0.05) is 29.5 Å². The molecule has 1 heterocycles. The van der Waals surface area contributed by atoms with Gasteiger partial charge in [0.05, 0.1) is 0 Å². The second-order valence-corrected chi connectivity index (χ2v) is 5.52. The van der Waals surface area contributed by atoms with Crippen LogP contribution in [0.3, 0.4) is 0 Å². The van der Waals surface area contributed by atoms with Gasteiger partial charge in [0.1, 0.15) is 6.33 Å². The van der Waals surface area contributed by atoms with Crippen molar-refractivity contribution in [3.8, 4) is 0 Å². The molecule has 0 radical (unpaired) electrons. The van der Waals surface area contributed by atoms with E-state index >= 15 is 0 Å². The maximum Gasteiger partial charge on any atom is 0.174 e. The zero-order chi connectivity index (χ0) is 11.4. The lowest BCUT2D eigenvalue weighted by molar-refractivity contribution is 0.802. The van der Waals surface area contributed by atoms with Crippen molar-refractivity contribution in [1.29, 1.82) is 0 Å². The summed E-state index contributed by atoms with van der Waals surface area (Å²) in [6.07, 6.45) is 1.60. The van der Waals surface area contributed by atoms with Crippen molar-refractivity contribution in [3.05, 3.63) is 35.7 Å². The molecule has 0 aliphatic heterocycles. The molecule has 0 bridgehead atoms. The van der Waals surface area contributed by atoms with Gasteiger partial charge >= 0.3 is 0 Å². The van der Waals surface area contributed by atoms with Crippen molar-refractivity contribution >= 4 is 23.3 Å². The van der Waals surface area contributed by atoms with Gasteiger partial charge < -0.3 is 5.32 Å². The summed E-state index contributed by atoms with van der Waals surface area (Å²) in [5.41, 5.74) is 2.59. The number of nitrogens with zero attached hydrogens (tertiary/aromatic N) is 2. The van der Waals surface area contributed by atoms with E-state index in [1.54, 1.807) is 18.1 Å². The Morgan fingerprint density at radius 2 is 2.31 bits per heavy atom. The number of rotatable bonds is 4.